The van der Waals surface area contributed by atoms with Crippen molar-refractivity contribution in [2.45, 2.75) is 13.3 Å². The maximum absolute atomic E-state index is 12.4. The summed E-state index contributed by atoms with van der Waals surface area (Å²) in [6.07, 6.45) is 0.203. The molecule has 0 aliphatic heterocycles. The first kappa shape index (κ1) is 18.5. The number of halogens is 1. The van der Waals surface area contributed by atoms with E-state index in [-0.39, 0.29) is 12.3 Å². The average Bonchev–Trinajstić information content (AvgIpc) is 3.25. The van der Waals surface area contributed by atoms with E-state index in [0.717, 1.165) is 4.88 Å². The molecule has 26 heavy (non-hydrogen) atoms. The third-order valence-corrected chi connectivity index (χ3v) is 4.95. The minimum Gasteiger partial charge on any atom is -0.492 e. The van der Waals surface area contributed by atoms with Crippen LogP contribution in [0.5, 0.6) is 5.75 Å². The van der Waals surface area contributed by atoms with Crippen LogP contribution in [0.4, 0.5) is 0 Å². The second kappa shape index (κ2) is 8.38. The van der Waals surface area contributed by atoms with E-state index in [2.05, 4.69) is 4.98 Å². The van der Waals surface area contributed by atoms with Gasteiger partial charge < -0.3 is 14.1 Å². The summed E-state index contributed by atoms with van der Waals surface area (Å²) < 4.78 is 11.3. The van der Waals surface area contributed by atoms with E-state index in [0.29, 0.717) is 41.3 Å². The number of carbonyl (C=O) groups is 1. The van der Waals surface area contributed by atoms with Gasteiger partial charge in [0.15, 0.2) is 0 Å². The van der Waals surface area contributed by atoms with Gasteiger partial charge >= 0.3 is 0 Å². The predicted molar refractivity (Wildman–Crippen MR) is 103 cm³/mol. The second-order valence-corrected chi connectivity index (χ2v) is 7.18. The summed E-state index contributed by atoms with van der Waals surface area (Å²) in [7, 11) is 1.75. The summed E-state index contributed by atoms with van der Waals surface area (Å²) in [4.78, 5) is 19.5. The fraction of sp³-hybridized carbons (Fsp3) is 0.263. The van der Waals surface area contributed by atoms with Crippen molar-refractivity contribution in [3.05, 3.63) is 58.3 Å². The van der Waals surface area contributed by atoms with Gasteiger partial charge in [0.05, 0.1) is 23.5 Å². The molecule has 2 aromatic heterocycles. The lowest BCUT2D eigenvalue weighted by molar-refractivity contribution is -0.129. The molecule has 5 nitrogen and oxygen atoms in total. The number of rotatable bonds is 7. The van der Waals surface area contributed by atoms with Crippen molar-refractivity contribution in [2.24, 2.45) is 0 Å². The number of likely N-dealkylation sites (N-methyl/N-ethyl adjacent to an activating group) is 1. The fourth-order valence-electron chi connectivity index (χ4n) is 2.36. The molecule has 0 saturated carbocycles. The summed E-state index contributed by atoms with van der Waals surface area (Å²) in [5.41, 5.74) is 0.668. The predicted octanol–water partition coefficient (Wildman–Crippen LogP) is 4.44. The SMILES string of the molecule is Cc1oc(-c2cccs2)nc1CC(=O)N(C)CCOc1cccc(Cl)c1. The Hall–Kier alpha value is -2.31. The van der Waals surface area contributed by atoms with E-state index < -0.39 is 0 Å². The lowest BCUT2D eigenvalue weighted by Crippen LogP contribution is -2.32. The molecule has 1 amide bonds. The molecular weight excluding hydrogens is 372 g/mol. The van der Waals surface area contributed by atoms with Crippen LogP contribution in [0.15, 0.2) is 46.2 Å². The molecule has 0 N–H and O–H groups in total. The van der Waals surface area contributed by atoms with E-state index in [4.69, 9.17) is 20.8 Å². The second-order valence-electron chi connectivity index (χ2n) is 5.80. The summed E-state index contributed by atoms with van der Waals surface area (Å²) in [5.74, 6) is 1.89. The minimum absolute atomic E-state index is 0.0335. The number of ether oxygens (including phenoxy) is 1. The highest BCUT2D eigenvalue weighted by molar-refractivity contribution is 7.13. The smallest absolute Gasteiger partial charge is 0.236 e. The number of nitrogens with zero attached hydrogens (tertiary/aromatic N) is 2. The molecule has 1 aromatic carbocycles. The minimum atomic E-state index is -0.0335. The zero-order valence-electron chi connectivity index (χ0n) is 14.6. The first-order chi connectivity index (χ1) is 12.5. The van der Waals surface area contributed by atoms with Gasteiger partial charge in [-0.05, 0) is 36.6 Å². The summed E-state index contributed by atoms with van der Waals surface area (Å²) >= 11 is 7.48. The van der Waals surface area contributed by atoms with Crippen LogP contribution in [0.2, 0.25) is 5.02 Å². The maximum Gasteiger partial charge on any atom is 0.236 e. The molecular formula is C19H19ClN2O3S. The first-order valence-electron chi connectivity index (χ1n) is 8.15. The quantitative estimate of drug-likeness (QED) is 0.598. The Bertz CT molecular complexity index is 877. The molecule has 0 spiro atoms. The Morgan fingerprint density at radius 1 is 1.35 bits per heavy atom. The fourth-order valence-corrected chi connectivity index (χ4v) is 3.19. The Morgan fingerprint density at radius 3 is 2.92 bits per heavy atom. The monoisotopic (exact) mass is 390 g/mol. The number of hydrogen-bond donors (Lipinski definition) is 0. The summed E-state index contributed by atoms with van der Waals surface area (Å²) in [5, 5.41) is 2.59. The van der Waals surface area contributed by atoms with Crippen LogP contribution in [-0.2, 0) is 11.2 Å². The van der Waals surface area contributed by atoms with E-state index >= 15 is 0 Å². The molecule has 0 saturated heterocycles. The third kappa shape index (κ3) is 4.65. The number of carbonyl (C=O) groups excluding carboxylic acids is 1. The number of thiophene rings is 1. The number of aryl methyl sites for hydroxylation is 1. The Balaban J connectivity index is 1.53. The molecule has 0 fully saturated rings. The van der Waals surface area contributed by atoms with Gasteiger partial charge in [0.2, 0.25) is 11.8 Å². The van der Waals surface area contributed by atoms with Gasteiger partial charge in [0.25, 0.3) is 0 Å². The molecule has 136 valence electrons. The largest absolute Gasteiger partial charge is 0.492 e. The average molecular weight is 391 g/mol. The van der Waals surface area contributed by atoms with E-state index in [1.807, 2.05) is 36.6 Å². The molecule has 0 atom stereocenters. The van der Waals surface area contributed by atoms with Crippen molar-refractivity contribution in [3.8, 4) is 16.5 Å². The highest BCUT2D eigenvalue weighted by Crippen LogP contribution is 2.26. The van der Waals surface area contributed by atoms with Crippen molar-refractivity contribution in [3.63, 3.8) is 0 Å². The van der Waals surface area contributed by atoms with Gasteiger partial charge in [-0.2, -0.15) is 0 Å². The van der Waals surface area contributed by atoms with Crippen LogP contribution < -0.4 is 4.74 Å². The van der Waals surface area contributed by atoms with Crippen molar-refractivity contribution >= 4 is 28.8 Å². The Labute approximate surface area is 161 Å². The van der Waals surface area contributed by atoms with E-state index in [1.165, 1.54) is 0 Å². The van der Waals surface area contributed by atoms with Crippen LogP contribution in [0.1, 0.15) is 11.5 Å². The molecule has 0 bridgehead atoms. The molecule has 0 radical (unpaired) electrons. The van der Waals surface area contributed by atoms with Gasteiger partial charge in [-0.25, -0.2) is 4.98 Å². The van der Waals surface area contributed by atoms with Gasteiger partial charge in [0, 0.05) is 12.1 Å². The number of amides is 1. The van der Waals surface area contributed by atoms with Crippen molar-refractivity contribution < 1.29 is 13.9 Å². The van der Waals surface area contributed by atoms with Crippen LogP contribution in [-0.4, -0.2) is 36.0 Å². The highest BCUT2D eigenvalue weighted by atomic mass is 35.5. The van der Waals surface area contributed by atoms with Gasteiger partial charge in [-0.15, -0.1) is 11.3 Å². The molecule has 0 unspecified atom stereocenters. The third-order valence-electron chi connectivity index (χ3n) is 3.86. The molecule has 0 aliphatic carbocycles. The van der Waals surface area contributed by atoms with Crippen LogP contribution in [0, 0.1) is 6.92 Å². The Kier molecular flexibility index (Phi) is 5.96. The maximum atomic E-state index is 12.4. The van der Waals surface area contributed by atoms with Crippen molar-refractivity contribution in [1.82, 2.24) is 9.88 Å². The van der Waals surface area contributed by atoms with Crippen LogP contribution in [0.25, 0.3) is 10.8 Å². The van der Waals surface area contributed by atoms with Crippen molar-refractivity contribution in [2.75, 3.05) is 20.2 Å². The summed E-state index contributed by atoms with van der Waals surface area (Å²) in [6.45, 7) is 2.69. The molecule has 2 heterocycles. The standard InChI is InChI=1S/C19H19ClN2O3S/c1-13-16(21-19(25-13)17-7-4-10-26-17)12-18(23)22(2)8-9-24-15-6-3-5-14(20)11-15/h3-7,10-11H,8-9,12H2,1-2H3. The lowest BCUT2D eigenvalue weighted by atomic mass is 10.2. The number of oxazole rings is 1. The van der Waals surface area contributed by atoms with Crippen LogP contribution >= 0.6 is 22.9 Å². The molecule has 0 aliphatic rings. The number of hydrogen-bond acceptors (Lipinski definition) is 5. The van der Waals surface area contributed by atoms with Crippen molar-refractivity contribution in [1.29, 1.82) is 0 Å². The van der Waals surface area contributed by atoms with Gasteiger partial charge in [-0.3, -0.25) is 4.79 Å². The lowest BCUT2D eigenvalue weighted by Gasteiger charge is -2.17. The highest BCUT2D eigenvalue weighted by Gasteiger charge is 2.17. The molecule has 3 aromatic rings. The van der Waals surface area contributed by atoms with E-state index in [9.17, 15) is 4.79 Å². The first-order valence-corrected chi connectivity index (χ1v) is 9.41. The van der Waals surface area contributed by atoms with E-state index in [1.54, 1.807) is 35.4 Å². The normalized spacial score (nSPS) is 10.7. The van der Waals surface area contributed by atoms with Gasteiger partial charge in [-0.1, -0.05) is 23.7 Å². The zero-order chi connectivity index (χ0) is 18.5. The zero-order valence-corrected chi connectivity index (χ0v) is 16.1. The summed E-state index contributed by atoms with van der Waals surface area (Å²) in [6, 6.07) is 11.1. The van der Waals surface area contributed by atoms with Gasteiger partial charge in [0.1, 0.15) is 18.1 Å². The topological polar surface area (TPSA) is 55.6 Å². The van der Waals surface area contributed by atoms with Crippen LogP contribution in [0.3, 0.4) is 0 Å². The number of aromatic nitrogens is 1. The molecule has 3 rings (SSSR count). The molecule has 7 heteroatoms. The number of benzene rings is 1. The Morgan fingerprint density at radius 2 is 2.19 bits per heavy atom.